The molecule has 2 heterocycles. The Morgan fingerprint density at radius 1 is 0.762 bits per heavy atom. The first-order valence-electron chi connectivity index (χ1n) is 14.9. The molecule has 2 aliphatic rings. The zero-order chi connectivity index (χ0) is 29.6. The topological polar surface area (TPSA) is 47.1 Å². The van der Waals surface area contributed by atoms with Crippen LogP contribution in [0.2, 0.25) is 10.0 Å². The summed E-state index contributed by atoms with van der Waals surface area (Å²) in [6.45, 7) is 4.84. The number of hydrogen-bond acceptors (Lipinski definition) is 4. The third-order valence-electron chi connectivity index (χ3n) is 8.61. The number of halogens is 2. The Morgan fingerprint density at radius 3 is 1.98 bits per heavy atom. The number of likely N-dealkylation sites (tertiary alicyclic amines) is 2. The Balaban J connectivity index is 1.29. The number of hydrogen-bond donors (Lipinski definition) is 0. The fourth-order valence-electron chi connectivity index (χ4n) is 5.95. The van der Waals surface area contributed by atoms with E-state index >= 15 is 0 Å². The number of amides is 2. The molecule has 3 aromatic rings. The molecule has 0 spiro atoms. The summed E-state index contributed by atoms with van der Waals surface area (Å²) in [5.41, 5.74) is 4.85. The van der Waals surface area contributed by atoms with Crippen LogP contribution in [0, 0.1) is 0 Å². The van der Waals surface area contributed by atoms with E-state index in [-0.39, 0.29) is 24.4 Å². The monoisotopic (exact) mass is 606 g/mol. The number of nitrogens with zero attached hydrogens (tertiary/aromatic N) is 4. The second-order valence-electron chi connectivity index (χ2n) is 11.5. The van der Waals surface area contributed by atoms with Crippen LogP contribution in [0.3, 0.4) is 0 Å². The number of carbonyl (C=O) groups excluding carboxylic acids is 2. The lowest BCUT2D eigenvalue weighted by molar-refractivity contribution is -0.131. The summed E-state index contributed by atoms with van der Waals surface area (Å²) in [5.74, 6) is 0.157. The summed E-state index contributed by atoms with van der Waals surface area (Å²) in [4.78, 5) is 34.6. The van der Waals surface area contributed by atoms with Crippen molar-refractivity contribution in [1.82, 2.24) is 14.7 Å². The van der Waals surface area contributed by atoms with Gasteiger partial charge in [0.1, 0.15) is 0 Å². The van der Waals surface area contributed by atoms with Gasteiger partial charge in [0, 0.05) is 45.0 Å². The smallest absolute Gasteiger partial charge is 0.253 e. The molecule has 0 aliphatic carbocycles. The van der Waals surface area contributed by atoms with Gasteiger partial charge in [0.15, 0.2) is 0 Å². The molecule has 0 N–H and O–H groups in total. The van der Waals surface area contributed by atoms with Crippen LogP contribution < -0.4 is 4.90 Å². The molecule has 5 rings (SSSR count). The average Bonchev–Trinajstić information content (AvgIpc) is 3.54. The fourth-order valence-corrected chi connectivity index (χ4v) is 6.24. The first kappa shape index (κ1) is 30.4. The van der Waals surface area contributed by atoms with Gasteiger partial charge < -0.3 is 19.6 Å². The van der Waals surface area contributed by atoms with E-state index < -0.39 is 0 Å². The first-order chi connectivity index (χ1) is 20.3. The Bertz CT molecular complexity index is 1370. The van der Waals surface area contributed by atoms with Crippen LogP contribution in [0.5, 0.6) is 0 Å². The SMILES string of the molecule is CN(CC(=O)N(C)C(CN1CCCC1)c1ccc(-c2ccc(C(=O)N3CCCCC3)cc2)cc1)c1ccc(Cl)c(Cl)c1. The van der Waals surface area contributed by atoms with Gasteiger partial charge in [-0.1, -0.05) is 59.6 Å². The van der Waals surface area contributed by atoms with Crippen LogP contribution in [0.25, 0.3) is 11.1 Å². The predicted molar refractivity (Wildman–Crippen MR) is 173 cm³/mol. The van der Waals surface area contributed by atoms with E-state index in [1.807, 2.05) is 59.1 Å². The lowest BCUT2D eigenvalue weighted by Crippen LogP contribution is -2.42. The van der Waals surface area contributed by atoms with E-state index in [0.717, 1.165) is 73.5 Å². The maximum atomic E-state index is 13.5. The third-order valence-corrected chi connectivity index (χ3v) is 9.35. The molecular formula is C34H40Cl2N4O2. The highest BCUT2D eigenvalue weighted by Crippen LogP contribution is 2.29. The minimum absolute atomic E-state index is 0.0332. The van der Waals surface area contributed by atoms with Crippen molar-refractivity contribution in [3.63, 3.8) is 0 Å². The maximum Gasteiger partial charge on any atom is 0.253 e. The van der Waals surface area contributed by atoms with Crippen LogP contribution in [0.15, 0.2) is 66.7 Å². The van der Waals surface area contributed by atoms with Gasteiger partial charge in [-0.3, -0.25) is 9.59 Å². The van der Waals surface area contributed by atoms with E-state index in [0.29, 0.717) is 10.0 Å². The average molecular weight is 608 g/mol. The highest BCUT2D eigenvalue weighted by molar-refractivity contribution is 6.42. The quantitative estimate of drug-likeness (QED) is 0.263. The van der Waals surface area contributed by atoms with E-state index in [1.54, 1.807) is 12.1 Å². The molecular weight excluding hydrogens is 567 g/mol. The van der Waals surface area contributed by atoms with Gasteiger partial charge in [0.2, 0.25) is 5.91 Å². The van der Waals surface area contributed by atoms with E-state index in [4.69, 9.17) is 23.2 Å². The largest absolute Gasteiger partial charge is 0.365 e. The number of anilines is 1. The Kier molecular flexibility index (Phi) is 10.1. The summed E-state index contributed by atoms with van der Waals surface area (Å²) < 4.78 is 0. The van der Waals surface area contributed by atoms with Crippen molar-refractivity contribution in [3.8, 4) is 11.1 Å². The van der Waals surface area contributed by atoms with E-state index in [1.165, 1.54) is 19.3 Å². The standard InChI is InChI=1S/C34H40Cl2N4O2/c1-37(29-16-17-30(35)31(36)22-29)24-33(41)38(2)32(23-39-18-6-7-19-39)27-12-8-25(9-13-27)26-10-14-28(15-11-26)34(42)40-20-4-3-5-21-40/h8-17,22,32H,3-7,18-21,23-24H2,1-2H3. The van der Waals surface area contributed by atoms with Gasteiger partial charge in [0.25, 0.3) is 5.91 Å². The molecule has 6 nitrogen and oxygen atoms in total. The van der Waals surface area contributed by atoms with E-state index in [9.17, 15) is 9.59 Å². The molecule has 0 aromatic heterocycles. The summed E-state index contributed by atoms with van der Waals surface area (Å²) in [5, 5.41) is 0.963. The van der Waals surface area contributed by atoms with Crippen molar-refractivity contribution in [2.24, 2.45) is 0 Å². The second-order valence-corrected chi connectivity index (χ2v) is 12.3. The van der Waals surface area contributed by atoms with Crippen LogP contribution in [-0.4, -0.2) is 79.9 Å². The molecule has 8 heteroatoms. The number of rotatable bonds is 9. The van der Waals surface area contributed by atoms with Crippen LogP contribution in [0.4, 0.5) is 5.69 Å². The minimum atomic E-state index is -0.0728. The van der Waals surface area contributed by atoms with Crippen molar-refractivity contribution in [3.05, 3.63) is 87.9 Å². The third kappa shape index (κ3) is 7.28. The predicted octanol–water partition coefficient (Wildman–Crippen LogP) is 7.02. The van der Waals surface area contributed by atoms with Gasteiger partial charge in [-0.25, -0.2) is 0 Å². The lowest BCUT2D eigenvalue weighted by atomic mass is 9.98. The number of carbonyl (C=O) groups is 2. The van der Waals surface area contributed by atoms with E-state index in [2.05, 4.69) is 29.2 Å². The highest BCUT2D eigenvalue weighted by atomic mass is 35.5. The van der Waals surface area contributed by atoms with Crippen molar-refractivity contribution < 1.29 is 9.59 Å². The molecule has 1 unspecified atom stereocenters. The zero-order valence-electron chi connectivity index (χ0n) is 24.6. The van der Waals surface area contributed by atoms with Gasteiger partial charge >= 0.3 is 0 Å². The minimum Gasteiger partial charge on any atom is -0.365 e. The molecule has 222 valence electrons. The molecule has 1 atom stereocenters. The lowest BCUT2D eigenvalue weighted by Gasteiger charge is -2.33. The summed E-state index contributed by atoms with van der Waals surface area (Å²) in [6.07, 6.45) is 5.77. The molecule has 0 radical (unpaired) electrons. The van der Waals surface area contributed by atoms with Crippen LogP contribution >= 0.6 is 23.2 Å². The van der Waals surface area contributed by atoms with Gasteiger partial charge in [-0.05, 0) is 92.2 Å². The summed E-state index contributed by atoms with van der Waals surface area (Å²) >= 11 is 12.3. The van der Waals surface area contributed by atoms with Gasteiger partial charge in [-0.15, -0.1) is 0 Å². The Hall–Kier alpha value is -3.06. The van der Waals surface area contributed by atoms with Crippen molar-refractivity contribution >= 4 is 40.7 Å². The molecule has 2 aliphatic heterocycles. The Morgan fingerprint density at radius 2 is 1.36 bits per heavy atom. The molecule has 2 amide bonds. The van der Waals surface area contributed by atoms with Crippen molar-refractivity contribution in [2.75, 3.05) is 58.3 Å². The van der Waals surface area contributed by atoms with Gasteiger partial charge in [0.05, 0.1) is 22.6 Å². The first-order valence-corrected chi connectivity index (χ1v) is 15.7. The zero-order valence-corrected chi connectivity index (χ0v) is 26.1. The number of likely N-dealkylation sites (N-methyl/N-ethyl adjacent to an activating group) is 2. The maximum absolute atomic E-state index is 13.5. The normalized spacial score (nSPS) is 16.3. The molecule has 2 saturated heterocycles. The van der Waals surface area contributed by atoms with Crippen LogP contribution in [0.1, 0.15) is 54.1 Å². The molecule has 0 saturated carbocycles. The fraction of sp³-hybridized carbons (Fsp3) is 0.412. The van der Waals surface area contributed by atoms with Crippen molar-refractivity contribution in [2.45, 2.75) is 38.1 Å². The Labute approximate surface area is 259 Å². The molecule has 3 aromatic carbocycles. The highest BCUT2D eigenvalue weighted by Gasteiger charge is 2.26. The molecule has 2 fully saturated rings. The molecule has 42 heavy (non-hydrogen) atoms. The number of benzene rings is 3. The van der Waals surface area contributed by atoms with Crippen LogP contribution in [-0.2, 0) is 4.79 Å². The summed E-state index contributed by atoms with van der Waals surface area (Å²) in [6, 6.07) is 21.8. The van der Waals surface area contributed by atoms with Gasteiger partial charge in [-0.2, -0.15) is 0 Å². The number of piperidine rings is 1. The van der Waals surface area contributed by atoms with Crippen molar-refractivity contribution in [1.29, 1.82) is 0 Å². The second kappa shape index (κ2) is 13.9. The molecule has 0 bridgehead atoms. The summed E-state index contributed by atoms with van der Waals surface area (Å²) in [7, 11) is 3.79.